The number of rotatable bonds is 8. The maximum atomic E-state index is 5.51. The van der Waals surface area contributed by atoms with Crippen LogP contribution >= 0.6 is 0 Å². The highest BCUT2D eigenvalue weighted by Gasteiger charge is 2.20. The van der Waals surface area contributed by atoms with Gasteiger partial charge in [0.05, 0.1) is 14.2 Å². The van der Waals surface area contributed by atoms with E-state index in [2.05, 4.69) is 45.0 Å². The molecule has 0 aliphatic carbocycles. The Labute approximate surface area is 163 Å². The van der Waals surface area contributed by atoms with E-state index in [9.17, 15) is 0 Å². The van der Waals surface area contributed by atoms with Crippen LogP contribution in [0, 0.1) is 0 Å². The standard InChI is InChI=1S/C20H35N5O2/c1-6-23(3)10-9-22-20(21-2)25-13-11-24(12-14-25)16-17-15-18(26-4)7-8-19(17)27-5/h7-8,15H,6,9-14,16H2,1-5H3,(H,21,22). The van der Waals surface area contributed by atoms with Gasteiger partial charge in [-0.3, -0.25) is 9.89 Å². The van der Waals surface area contributed by atoms with Crippen molar-refractivity contribution >= 4 is 5.96 Å². The summed E-state index contributed by atoms with van der Waals surface area (Å²) in [5.74, 6) is 2.78. The minimum Gasteiger partial charge on any atom is -0.497 e. The lowest BCUT2D eigenvalue weighted by molar-refractivity contribution is 0.170. The molecule has 0 radical (unpaired) electrons. The van der Waals surface area contributed by atoms with E-state index in [1.165, 1.54) is 0 Å². The Hall–Kier alpha value is -1.99. The summed E-state index contributed by atoms with van der Waals surface area (Å²) in [6, 6.07) is 5.98. The van der Waals surface area contributed by atoms with Gasteiger partial charge in [-0.1, -0.05) is 6.92 Å². The van der Waals surface area contributed by atoms with E-state index in [0.29, 0.717) is 0 Å². The van der Waals surface area contributed by atoms with Gasteiger partial charge in [-0.25, -0.2) is 0 Å². The molecule has 1 saturated heterocycles. The number of hydrogen-bond donors (Lipinski definition) is 1. The fourth-order valence-corrected chi connectivity index (χ4v) is 3.21. The molecule has 1 aromatic rings. The molecule has 0 bridgehead atoms. The largest absolute Gasteiger partial charge is 0.497 e. The number of nitrogens with one attached hydrogen (secondary N) is 1. The molecule has 1 aromatic carbocycles. The van der Waals surface area contributed by atoms with Crippen molar-refractivity contribution in [2.75, 3.05) is 74.1 Å². The van der Waals surface area contributed by atoms with Gasteiger partial charge in [0.1, 0.15) is 11.5 Å². The van der Waals surface area contributed by atoms with E-state index < -0.39 is 0 Å². The molecule has 7 nitrogen and oxygen atoms in total. The molecule has 0 aromatic heterocycles. The summed E-state index contributed by atoms with van der Waals surface area (Å²) in [6.45, 7) is 9.96. The topological polar surface area (TPSA) is 52.6 Å². The third-order valence-corrected chi connectivity index (χ3v) is 5.08. The van der Waals surface area contributed by atoms with Crippen LogP contribution in [0.2, 0.25) is 0 Å². The molecule has 0 unspecified atom stereocenters. The number of hydrogen-bond acceptors (Lipinski definition) is 5. The molecule has 27 heavy (non-hydrogen) atoms. The second-order valence-electron chi connectivity index (χ2n) is 6.81. The van der Waals surface area contributed by atoms with Crippen LogP contribution in [0.1, 0.15) is 12.5 Å². The van der Waals surface area contributed by atoms with Gasteiger partial charge in [0.15, 0.2) is 5.96 Å². The van der Waals surface area contributed by atoms with E-state index >= 15 is 0 Å². The Morgan fingerprint density at radius 1 is 1.19 bits per heavy atom. The maximum absolute atomic E-state index is 5.51. The van der Waals surface area contributed by atoms with Crippen LogP contribution in [0.15, 0.2) is 23.2 Å². The Kier molecular flexibility index (Phi) is 8.67. The fraction of sp³-hybridized carbons (Fsp3) is 0.650. The van der Waals surface area contributed by atoms with Crippen molar-refractivity contribution < 1.29 is 9.47 Å². The zero-order valence-electron chi connectivity index (χ0n) is 17.5. The molecule has 0 atom stereocenters. The first kappa shape index (κ1) is 21.3. The number of likely N-dealkylation sites (N-methyl/N-ethyl adjacent to an activating group) is 1. The van der Waals surface area contributed by atoms with Crippen molar-refractivity contribution in [3.05, 3.63) is 23.8 Å². The van der Waals surface area contributed by atoms with E-state index in [1.807, 2.05) is 19.2 Å². The molecule has 1 N–H and O–H groups in total. The van der Waals surface area contributed by atoms with E-state index in [4.69, 9.17) is 9.47 Å². The van der Waals surface area contributed by atoms with Crippen molar-refractivity contribution in [1.29, 1.82) is 0 Å². The third-order valence-electron chi connectivity index (χ3n) is 5.08. The van der Waals surface area contributed by atoms with Gasteiger partial charge in [-0.05, 0) is 31.8 Å². The van der Waals surface area contributed by atoms with Crippen LogP contribution in [0.4, 0.5) is 0 Å². The zero-order chi connectivity index (χ0) is 19.6. The predicted molar refractivity (Wildman–Crippen MR) is 111 cm³/mol. The number of piperazine rings is 1. The second kappa shape index (κ2) is 11.0. The number of aliphatic imine (C=N–C) groups is 1. The van der Waals surface area contributed by atoms with Crippen molar-refractivity contribution in [3.8, 4) is 11.5 Å². The highest BCUT2D eigenvalue weighted by atomic mass is 16.5. The highest BCUT2D eigenvalue weighted by Crippen LogP contribution is 2.25. The molecule has 2 rings (SSSR count). The number of methoxy groups -OCH3 is 2. The number of benzene rings is 1. The Morgan fingerprint density at radius 3 is 2.52 bits per heavy atom. The normalized spacial score (nSPS) is 15.9. The minimum atomic E-state index is 0.863. The number of nitrogens with zero attached hydrogens (tertiary/aromatic N) is 4. The van der Waals surface area contributed by atoms with Gasteiger partial charge in [0.25, 0.3) is 0 Å². The summed E-state index contributed by atoms with van der Waals surface area (Å²) in [6.07, 6.45) is 0. The molecule has 1 aliphatic rings. The van der Waals surface area contributed by atoms with Gasteiger partial charge >= 0.3 is 0 Å². The van der Waals surface area contributed by atoms with Crippen LogP contribution in [0.25, 0.3) is 0 Å². The quantitative estimate of drug-likeness (QED) is 0.545. The van der Waals surface area contributed by atoms with Gasteiger partial charge in [-0.2, -0.15) is 0 Å². The molecule has 1 aliphatic heterocycles. The van der Waals surface area contributed by atoms with Crippen molar-refractivity contribution in [2.24, 2.45) is 4.99 Å². The summed E-state index contributed by atoms with van der Waals surface area (Å²) in [5.41, 5.74) is 1.16. The highest BCUT2D eigenvalue weighted by molar-refractivity contribution is 5.80. The van der Waals surface area contributed by atoms with Crippen LogP contribution in [-0.4, -0.2) is 94.8 Å². The first-order valence-corrected chi connectivity index (χ1v) is 9.68. The lowest BCUT2D eigenvalue weighted by atomic mass is 10.1. The first-order chi connectivity index (χ1) is 13.1. The average molecular weight is 378 g/mol. The number of ether oxygens (including phenoxy) is 2. The fourth-order valence-electron chi connectivity index (χ4n) is 3.21. The van der Waals surface area contributed by atoms with Crippen molar-refractivity contribution in [2.45, 2.75) is 13.5 Å². The van der Waals surface area contributed by atoms with Crippen molar-refractivity contribution in [3.63, 3.8) is 0 Å². The SMILES string of the molecule is CCN(C)CCNC(=NC)N1CCN(Cc2cc(OC)ccc2OC)CC1. The molecule has 0 saturated carbocycles. The summed E-state index contributed by atoms with van der Waals surface area (Å²) in [4.78, 5) is 11.5. The number of guanidine groups is 1. The monoisotopic (exact) mass is 377 g/mol. The van der Waals surface area contributed by atoms with E-state index in [0.717, 1.165) is 75.4 Å². The summed E-state index contributed by atoms with van der Waals surface area (Å²) in [7, 11) is 7.41. The van der Waals surface area contributed by atoms with Crippen LogP contribution in [0.3, 0.4) is 0 Å². The van der Waals surface area contributed by atoms with Gasteiger partial charge in [0.2, 0.25) is 0 Å². The lowest BCUT2D eigenvalue weighted by Crippen LogP contribution is -2.52. The predicted octanol–water partition coefficient (Wildman–Crippen LogP) is 1.35. The van der Waals surface area contributed by atoms with Crippen LogP contribution in [0.5, 0.6) is 11.5 Å². The molecule has 1 fully saturated rings. The van der Waals surface area contributed by atoms with E-state index in [1.54, 1.807) is 14.2 Å². The summed E-state index contributed by atoms with van der Waals surface area (Å²) >= 11 is 0. The first-order valence-electron chi connectivity index (χ1n) is 9.68. The van der Waals surface area contributed by atoms with E-state index in [-0.39, 0.29) is 0 Å². The van der Waals surface area contributed by atoms with Crippen LogP contribution < -0.4 is 14.8 Å². The molecule has 0 amide bonds. The van der Waals surface area contributed by atoms with Gasteiger partial charge in [-0.15, -0.1) is 0 Å². The molecule has 7 heteroatoms. The smallest absolute Gasteiger partial charge is 0.193 e. The molecule has 0 spiro atoms. The summed E-state index contributed by atoms with van der Waals surface area (Å²) in [5, 5.41) is 3.48. The minimum absolute atomic E-state index is 0.863. The lowest BCUT2D eigenvalue weighted by Gasteiger charge is -2.36. The summed E-state index contributed by atoms with van der Waals surface area (Å²) < 4.78 is 10.9. The Bertz CT molecular complexity index is 600. The maximum Gasteiger partial charge on any atom is 0.193 e. The Balaban J connectivity index is 1.86. The average Bonchev–Trinajstić information content (AvgIpc) is 2.71. The third kappa shape index (κ3) is 6.29. The molecular formula is C20H35N5O2. The second-order valence-corrected chi connectivity index (χ2v) is 6.81. The van der Waals surface area contributed by atoms with Crippen molar-refractivity contribution in [1.82, 2.24) is 20.0 Å². The molecule has 1 heterocycles. The molecule has 152 valence electrons. The van der Waals surface area contributed by atoms with Gasteiger partial charge < -0.3 is 24.6 Å². The van der Waals surface area contributed by atoms with Gasteiger partial charge in [0, 0.05) is 58.4 Å². The zero-order valence-corrected chi connectivity index (χ0v) is 17.5. The Morgan fingerprint density at radius 2 is 1.93 bits per heavy atom. The molecular weight excluding hydrogens is 342 g/mol. The van der Waals surface area contributed by atoms with Crippen LogP contribution in [-0.2, 0) is 6.54 Å².